The van der Waals surface area contributed by atoms with Gasteiger partial charge in [-0.2, -0.15) is 0 Å². The first-order valence-electron chi connectivity index (χ1n) is 8.88. The number of ketones is 1. The summed E-state index contributed by atoms with van der Waals surface area (Å²) < 4.78 is 41.5. The zero-order valence-corrected chi connectivity index (χ0v) is 14.7. The third kappa shape index (κ3) is 2.96. The number of nitrogens with zero attached hydrogens (tertiary/aromatic N) is 2. The van der Waals surface area contributed by atoms with E-state index in [4.69, 9.17) is 11.6 Å². The van der Waals surface area contributed by atoms with Gasteiger partial charge in [0.2, 0.25) is 5.28 Å². The highest BCUT2D eigenvalue weighted by Crippen LogP contribution is 2.56. The van der Waals surface area contributed by atoms with Crippen molar-refractivity contribution in [1.29, 1.82) is 0 Å². The van der Waals surface area contributed by atoms with Gasteiger partial charge in [0.1, 0.15) is 5.78 Å². The molecular formula is C18H20ClF3N2O. The predicted molar refractivity (Wildman–Crippen MR) is 86.1 cm³/mol. The molecule has 3 atom stereocenters. The van der Waals surface area contributed by atoms with Crippen molar-refractivity contribution >= 4 is 17.4 Å². The zero-order valence-electron chi connectivity index (χ0n) is 13.9. The smallest absolute Gasteiger partial charge is 0.257 e. The van der Waals surface area contributed by atoms with E-state index in [9.17, 15) is 18.0 Å². The van der Waals surface area contributed by atoms with Crippen molar-refractivity contribution in [1.82, 2.24) is 9.97 Å². The summed E-state index contributed by atoms with van der Waals surface area (Å²) in [5.74, 6) is -4.13. The van der Waals surface area contributed by atoms with Gasteiger partial charge in [-0.05, 0) is 68.4 Å². The van der Waals surface area contributed by atoms with Gasteiger partial charge in [0.05, 0.1) is 17.3 Å². The number of hydrogen-bond acceptors (Lipinski definition) is 3. The lowest BCUT2D eigenvalue weighted by Crippen LogP contribution is -2.44. The van der Waals surface area contributed by atoms with Crippen molar-refractivity contribution < 1.29 is 18.0 Å². The Balaban J connectivity index is 1.65. The Morgan fingerprint density at radius 2 is 1.80 bits per heavy atom. The molecule has 0 spiro atoms. The Morgan fingerprint density at radius 3 is 2.36 bits per heavy atom. The van der Waals surface area contributed by atoms with Crippen LogP contribution in [0.15, 0.2) is 0 Å². The molecule has 1 heterocycles. The molecule has 5 rings (SSSR count). The van der Waals surface area contributed by atoms with Crippen molar-refractivity contribution in [3.05, 3.63) is 22.5 Å². The maximum atomic E-state index is 14.8. The van der Waals surface area contributed by atoms with E-state index in [0.29, 0.717) is 11.8 Å². The van der Waals surface area contributed by atoms with E-state index >= 15 is 0 Å². The molecule has 136 valence electrons. The highest BCUT2D eigenvalue weighted by Gasteiger charge is 2.60. The molecule has 2 bridgehead atoms. The van der Waals surface area contributed by atoms with Crippen LogP contribution in [0.2, 0.25) is 5.28 Å². The second-order valence-electron chi connectivity index (χ2n) is 7.84. The van der Waals surface area contributed by atoms with Crippen LogP contribution in [0.1, 0.15) is 56.3 Å². The molecular weight excluding hydrogens is 353 g/mol. The Kier molecular flexibility index (Phi) is 4.09. The molecule has 0 saturated heterocycles. The second-order valence-corrected chi connectivity index (χ2v) is 8.17. The molecule has 0 N–H and O–H groups in total. The van der Waals surface area contributed by atoms with Crippen LogP contribution in [0.5, 0.6) is 0 Å². The van der Waals surface area contributed by atoms with Gasteiger partial charge in [-0.1, -0.05) is 0 Å². The second kappa shape index (κ2) is 5.93. The monoisotopic (exact) mass is 372 g/mol. The minimum atomic E-state index is -2.92. The zero-order chi connectivity index (χ0) is 17.9. The van der Waals surface area contributed by atoms with E-state index in [0.717, 1.165) is 25.7 Å². The molecule has 4 aliphatic carbocycles. The van der Waals surface area contributed by atoms with Crippen molar-refractivity contribution in [2.45, 2.75) is 57.3 Å². The molecule has 1 unspecified atom stereocenters. The molecule has 4 fully saturated rings. The van der Waals surface area contributed by atoms with Crippen LogP contribution < -0.4 is 0 Å². The topological polar surface area (TPSA) is 42.9 Å². The van der Waals surface area contributed by atoms with Gasteiger partial charge in [-0.25, -0.2) is 23.1 Å². The summed E-state index contributed by atoms with van der Waals surface area (Å²) in [6.45, 7) is 1.60. The molecule has 0 radical (unpaired) electrons. The van der Waals surface area contributed by atoms with E-state index in [2.05, 4.69) is 9.97 Å². The summed E-state index contributed by atoms with van der Waals surface area (Å²) in [4.78, 5) is 19.9. The average molecular weight is 373 g/mol. The lowest BCUT2D eigenvalue weighted by molar-refractivity contribution is -0.130. The highest BCUT2D eigenvalue weighted by molar-refractivity contribution is 6.28. The van der Waals surface area contributed by atoms with Gasteiger partial charge in [-0.15, -0.1) is 0 Å². The number of halogens is 4. The van der Waals surface area contributed by atoms with Crippen LogP contribution in [0.25, 0.3) is 0 Å². The van der Waals surface area contributed by atoms with E-state index in [-0.39, 0.29) is 40.7 Å². The molecule has 4 aliphatic rings. The fourth-order valence-electron chi connectivity index (χ4n) is 5.08. The lowest BCUT2D eigenvalue weighted by atomic mass is 9.56. The number of aromatic nitrogens is 2. The van der Waals surface area contributed by atoms with Gasteiger partial charge < -0.3 is 0 Å². The quantitative estimate of drug-likeness (QED) is 0.727. The number of alkyl halides is 2. The summed E-state index contributed by atoms with van der Waals surface area (Å²) in [7, 11) is 0. The molecule has 1 aromatic rings. The summed E-state index contributed by atoms with van der Waals surface area (Å²) in [6, 6.07) is 0. The summed E-state index contributed by atoms with van der Waals surface area (Å²) in [5, 5.41) is -0.200. The standard InChI is InChI=1S/C18H20ClF3N2O/c1-8(25)14-10-4-2-9(3-5-10)11(14)6-13-15(20)16(24-17(19)23-13)12-7-18(12,21)22/h9-12,14H,2-7H2,1H3/t9?,10?,11-,12?,14-/m0/s1. The third-order valence-corrected chi connectivity index (χ3v) is 6.53. The lowest BCUT2D eigenvalue weighted by Gasteiger charge is -2.47. The molecule has 3 nitrogen and oxygen atoms in total. The maximum absolute atomic E-state index is 14.8. The largest absolute Gasteiger partial charge is 0.300 e. The fraction of sp³-hybridized carbons (Fsp3) is 0.722. The van der Waals surface area contributed by atoms with Gasteiger partial charge in [0.25, 0.3) is 5.92 Å². The minimum absolute atomic E-state index is 0.0121. The molecule has 7 heteroatoms. The van der Waals surface area contributed by atoms with Crippen LogP contribution in [0, 0.1) is 29.5 Å². The van der Waals surface area contributed by atoms with E-state index in [1.165, 1.54) is 0 Å². The third-order valence-electron chi connectivity index (χ3n) is 6.36. The first-order valence-corrected chi connectivity index (χ1v) is 9.26. The first kappa shape index (κ1) is 17.3. The predicted octanol–water partition coefficient (Wildman–Crippen LogP) is 4.58. The van der Waals surface area contributed by atoms with Gasteiger partial charge in [0.15, 0.2) is 5.82 Å². The normalized spacial score (nSPS) is 35.6. The van der Waals surface area contributed by atoms with E-state index in [1.807, 2.05) is 0 Å². The van der Waals surface area contributed by atoms with Crippen LogP contribution in [0.3, 0.4) is 0 Å². The molecule has 0 aromatic carbocycles. The van der Waals surface area contributed by atoms with Crippen molar-refractivity contribution in [3.63, 3.8) is 0 Å². The molecule has 1 aromatic heterocycles. The number of carbonyl (C=O) groups is 1. The molecule has 0 aliphatic heterocycles. The van der Waals surface area contributed by atoms with Crippen molar-refractivity contribution in [3.8, 4) is 0 Å². The summed E-state index contributed by atoms with van der Waals surface area (Å²) in [6.07, 6.45) is 4.02. The van der Waals surface area contributed by atoms with Gasteiger partial charge in [-0.3, -0.25) is 4.79 Å². The Labute approximate surface area is 149 Å². The van der Waals surface area contributed by atoms with Crippen LogP contribution in [0.4, 0.5) is 13.2 Å². The minimum Gasteiger partial charge on any atom is -0.300 e. The van der Waals surface area contributed by atoms with Crippen LogP contribution in [-0.2, 0) is 11.2 Å². The average Bonchev–Trinajstić information content (AvgIpc) is 3.19. The van der Waals surface area contributed by atoms with Crippen LogP contribution >= 0.6 is 11.6 Å². The SMILES string of the molecule is CC(=O)[C@H]1C2CCC(CC2)[C@@H]1Cc1nc(Cl)nc(C2CC2(F)F)c1F. The number of fused-ring (bicyclic) bond motifs is 3. The number of Topliss-reactive ketones (excluding diaryl/α,β-unsaturated/α-hetero) is 1. The number of rotatable bonds is 4. The molecule has 0 amide bonds. The van der Waals surface area contributed by atoms with E-state index < -0.39 is 24.1 Å². The Morgan fingerprint density at radius 1 is 1.20 bits per heavy atom. The van der Waals surface area contributed by atoms with Crippen molar-refractivity contribution in [2.75, 3.05) is 0 Å². The van der Waals surface area contributed by atoms with Crippen LogP contribution in [-0.4, -0.2) is 21.7 Å². The highest BCUT2D eigenvalue weighted by atomic mass is 35.5. The molecule has 4 saturated carbocycles. The van der Waals surface area contributed by atoms with Crippen molar-refractivity contribution in [2.24, 2.45) is 23.7 Å². The summed E-state index contributed by atoms with van der Waals surface area (Å²) in [5.41, 5.74) is -0.193. The summed E-state index contributed by atoms with van der Waals surface area (Å²) >= 11 is 5.88. The number of hydrogen-bond donors (Lipinski definition) is 0. The van der Waals surface area contributed by atoms with Gasteiger partial charge in [0, 0.05) is 12.3 Å². The maximum Gasteiger partial charge on any atom is 0.257 e. The Bertz CT molecular complexity index is 719. The van der Waals surface area contributed by atoms with E-state index in [1.54, 1.807) is 6.92 Å². The fourth-order valence-corrected chi connectivity index (χ4v) is 5.28. The molecule has 25 heavy (non-hydrogen) atoms. The Hall–Kier alpha value is -1.17. The first-order chi connectivity index (χ1) is 11.8. The van der Waals surface area contributed by atoms with Gasteiger partial charge >= 0.3 is 0 Å². The number of carbonyl (C=O) groups excluding carboxylic acids is 1.